The monoisotopic (exact) mass is 215 g/mol. The van der Waals surface area contributed by atoms with E-state index in [2.05, 4.69) is 10.3 Å². The largest absolute Gasteiger partial charge is 0.370 e. The first kappa shape index (κ1) is 10.8. The van der Waals surface area contributed by atoms with Crippen LogP contribution in [0.2, 0.25) is 5.02 Å². The number of hydrogen-bond acceptors (Lipinski definition) is 1. The lowest BCUT2D eigenvalue weighted by Crippen LogP contribution is -2.22. The van der Waals surface area contributed by atoms with Crippen molar-refractivity contribution in [3.8, 4) is 0 Å². The third-order valence-electron chi connectivity index (χ3n) is 1.52. The zero-order chi connectivity index (χ0) is 10.6. The maximum absolute atomic E-state index is 13.0. The first-order valence-corrected chi connectivity index (χ1v) is 4.53. The van der Waals surface area contributed by atoms with Gasteiger partial charge in [-0.05, 0) is 25.1 Å². The molecule has 0 aromatic heterocycles. The molecule has 0 saturated carbocycles. The van der Waals surface area contributed by atoms with E-state index in [9.17, 15) is 4.39 Å². The highest BCUT2D eigenvalue weighted by Gasteiger charge is 2.01. The molecule has 0 spiro atoms. The minimum atomic E-state index is -0.485. The summed E-state index contributed by atoms with van der Waals surface area (Å²) in [7, 11) is 0. The van der Waals surface area contributed by atoms with E-state index in [0.29, 0.717) is 12.2 Å². The summed E-state index contributed by atoms with van der Waals surface area (Å²) >= 11 is 5.51. The molecule has 0 amide bonds. The molecule has 3 N–H and O–H groups in total. The summed E-state index contributed by atoms with van der Waals surface area (Å²) in [4.78, 5) is 3.90. The molecule has 1 rings (SSSR count). The van der Waals surface area contributed by atoms with Crippen LogP contribution in [0.25, 0.3) is 0 Å². The summed E-state index contributed by atoms with van der Waals surface area (Å²) in [5.74, 6) is -0.227. The number of hydrogen-bond donors (Lipinski definition) is 2. The van der Waals surface area contributed by atoms with Gasteiger partial charge in [-0.15, -0.1) is 0 Å². The molecule has 0 atom stereocenters. The van der Waals surface area contributed by atoms with Crippen molar-refractivity contribution in [1.29, 1.82) is 0 Å². The maximum atomic E-state index is 13.0. The van der Waals surface area contributed by atoms with Gasteiger partial charge >= 0.3 is 0 Å². The van der Waals surface area contributed by atoms with Crippen LogP contribution in [0.1, 0.15) is 6.92 Å². The number of benzene rings is 1. The second-order valence-corrected chi connectivity index (χ2v) is 3.02. The predicted molar refractivity (Wildman–Crippen MR) is 57.2 cm³/mol. The predicted octanol–water partition coefficient (Wildman–Crippen LogP) is 2.23. The average molecular weight is 216 g/mol. The Hall–Kier alpha value is -1.29. The van der Waals surface area contributed by atoms with Gasteiger partial charge in [-0.3, -0.25) is 4.99 Å². The van der Waals surface area contributed by atoms with Gasteiger partial charge in [-0.1, -0.05) is 11.6 Å². The lowest BCUT2D eigenvalue weighted by Gasteiger charge is -2.05. The van der Waals surface area contributed by atoms with Crippen molar-refractivity contribution < 1.29 is 4.39 Å². The number of anilines is 1. The SMILES string of the molecule is CCN=C(N)Nc1ccc(Cl)c(F)c1. The van der Waals surface area contributed by atoms with Gasteiger partial charge in [0.05, 0.1) is 5.02 Å². The summed E-state index contributed by atoms with van der Waals surface area (Å²) in [6.45, 7) is 2.44. The third-order valence-corrected chi connectivity index (χ3v) is 1.83. The maximum Gasteiger partial charge on any atom is 0.193 e. The Morgan fingerprint density at radius 2 is 2.36 bits per heavy atom. The van der Waals surface area contributed by atoms with Gasteiger partial charge in [-0.25, -0.2) is 4.39 Å². The third kappa shape index (κ3) is 2.88. The fraction of sp³-hybridized carbons (Fsp3) is 0.222. The molecule has 0 bridgehead atoms. The number of nitrogens with zero attached hydrogens (tertiary/aromatic N) is 1. The quantitative estimate of drug-likeness (QED) is 0.587. The summed E-state index contributed by atoms with van der Waals surface area (Å²) in [5.41, 5.74) is 6.02. The molecule has 0 fully saturated rings. The summed E-state index contributed by atoms with van der Waals surface area (Å²) in [6.07, 6.45) is 0. The minimum absolute atomic E-state index is 0.0848. The Morgan fingerprint density at radius 1 is 1.64 bits per heavy atom. The van der Waals surface area contributed by atoms with Crippen molar-refractivity contribution in [2.75, 3.05) is 11.9 Å². The molecule has 1 aromatic carbocycles. The molecule has 14 heavy (non-hydrogen) atoms. The number of rotatable bonds is 2. The standard InChI is InChI=1S/C9H11ClFN3/c1-2-13-9(12)14-6-3-4-7(10)8(11)5-6/h3-5H,2H2,1H3,(H3,12,13,14). The number of nitrogens with one attached hydrogen (secondary N) is 1. The molecule has 0 radical (unpaired) electrons. The van der Waals surface area contributed by atoms with E-state index in [1.54, 1.807) is 6.07 Å². The van der Waals surface area contributed by atoms with Crippen LogP contribution in [-0.4, -0.2) is 12.5 Å². The van der Waals surface area contributed by atoms with E-state index in [1.165, 1.54) is 12.1 Å². The molecule has 0 aliphatic heterocycles. The topological polar surface area (TPSA) is 50.4 Å². The second-order valence-electron chi connectivity index (χ2n) is 2.61. The zero-order valence-corrected chi connectivity index (χ0v) is 8.48. The Kier molecular flexibility index (Phi) is 3.71. The molecule has 3 nitrogen and oxygen atoms in total. The highest BCUT2D eigenvalue weighted by Crippen LogP contribution is 2.18. The first-order valence-electron chi connectivity index (χ1n) is 4.15. The molecular weight excluding hydrogens is 205 g/mol. The van der Waals surface area contributed by atoms with Crippen molar-refractivity contribution in [3.05, 3.63) is 29.0 Å². The molecule has 0 aliphatic carbocycles. The number of aliphatic imine (C=N–C) groups is 1. The molecule has 0 saturated heterocycles. The van der Waals surface area contributed by atoms with E-state index < -0.39 is 5.82 Å². The van der Waals surface area contributed by atoms with Crippen molar-refractivity contribution in [2.45, 2.75) is 6.92 Å². The molecule has 0 heterocycles. The van der Waals surface area contributed by atoms with E-state index in [0.717, 1.165) is 0 Å². The van der Waals surface area contributed by atoms with E-state index in [-0.39, 0.29) is 11.0 Å². The molecular formula is C9H11ClFN3. The Balaban J connectivity index is 2.78. The number of halogens is 2. The van der Waals surface area contributed by atoms with Crippen LogP contribution in [-0.2, 0) is 0 Å². The van der Waals surface area contributed by atoms with Gasteiger partial charge in [0, 0.05) is 12.2 Å². The fourth-order valence-electron chi connectivity index (χ4n) is 0.932. The average Bonchev–Trinajstić information content (AvgIpc) is 2.12. The van der Waals surface area contributed by atoms with E-state index >= 15 is 0 Å². The highest BCUT2D eigenvalue weighted by atomic mass is 35.5. The highest BCUT2D eigenvalue weighted by molar-refractivity contribution is 6.30. The molecule has 0 aliphatic rings. The number of nitrogens with two attached hydrogens (primary N) is 1. The van der Waals surface area contributed by atoms with Crippen LogP contribution in [0.15, 0.2) is 23.2 Å². The Bertz CT molecular complexity index is 352. The lowest BCUT2D eigenvalue weighted by atomic mass is 10.3. The van der Waals surface area contributed by atoms with Crippen molar-refractivity contribution in [1.82, 2.24) is 0 Å². The minimum Gasteiger partial charge on any atom is -0.370 e. The van der Waals surface area contributed by atoms with E-state index in [1.807, 2.05) is 6.92 Å². The van der Waals surface area contributed by atoms with Crippen LogP contribution >= 0.6 is 11.6 Å². The first-order chi connectivity index (χ1) is 6.63. The number of guanidine groups is 1. The van der Waals surface area contributed by atoms with Crippen LogP contribution < -0.4 is 11.1 Å². The molecule has 5 heteroatoms. The Labute approximate surface area is 86.8 Å². The van der Waals surface area contributed by atoms with Gasteiger partial charge < -0.3 is 11.1 Å². The van der Waals surface area contributed by atoms with Crippen LogP contribution in [0, 0.1) is 5.82 Å². The van der Waals surface area contributed by atoms with E-state index in [4.69, 9.17) is 17.3 Å². The molecule has 76 valence electrons. The van der Waals surface area contributed by atoms with Gasteiger partial charge in [0.2, 0.25) is 0 Å². The Morgan fingerprint density at radius 3 is 2.93 bits per heavy atom. The van der Waals surface area contributed by atoms with Crippen molar-refractivity contribution >= 4 is 23.2 Å². The summed E-state index contributed by atoms with van der Waals surface area (Å²) in [5, 5.41) is 2.82. The van der Waals surface area contributed by atoms with Gasteiger partial charge in [0.15, 0.2) is 5.96 Å². The van der Waals surface area contributed by atoms with Gasteiger partial charge in [-0.2, -0.15) is 0 Å². The zero-order valence-electron chi connectivity index (χ0n) is 7.72. The normalized spacial score (nSPS) is 11.5. The van der Waals surface area contributed by atoms with Crippen molar-refractivity contribution in [2.24, 2.45) is 10.7 Å². The summed E-state index contributed by atoms with van der Waals surface area (Å²) in [6, 6.07) is 4.35. The fourth-order valence-corrected chi connectivity index (χ4v) is 1.05. The molecule has 0 unspecified atom stereocenters. The van der Waals surface area contributed by atoms with Crippen LogP contribution in [0.5, 0.6) is 0 Å². The van der Waals surface area contributed by atoms with Crippen molar-refractivity contribution in [3.63, 3.8) is 0 Å². The lowest BCUT2D eigenvalue weighted by molar-refractivity contribution is 0.629. The van der Waals surface area contributed by atoms with Gasteiger partial charge in [0.25, 0.3) is 0 Å². The molecule has 1 aromatic rings. The van der Waals surface area contributed by atoms with Gasteiger partial charge in [0.1, 0.15) is 5.82 Å². The summed E-state index contributed by atoms with van der Waals surface area (Å²) < 4.78 is 13.0. The second kappa shape index (κ2) is 4.81. The van der Waals surface area contributed by atoms with Crippen LogP contribution in [0.4, 0.5) is 10.1 Å². The smallest absolute Gasteiger partial charge is 0.193 e. The van der Waals surface area contributed by atoms with Crippen LogP contribution in [0.3, 0.4) is 0 Å².